The number of fused-ring (bicyclic) bond motifs is 3. The minimum Gasteiger partial charge on any atom is -0.497 e. The normalized spacial score (nSPS) is 16.8. The SMILES string of the molecule is COc1ccc(C2CCN=C(C(=O)O)c3ccc4[nH]ncc4c32)cc1. The fourth-order valence-corrected chi connectivity index (χ4v) is 3.51. The number of aliphatic imine (C=N–C) groups is 1. The van der Waals surface area contributed by atoms with Gasteiger partial charge in [0.15, 0.2) is 5.71 Å². The van der Waals surface area contributed by atoms with Crippen molar-refractivity contribution in [2.24, 2.45) is 4.99 Å². The van der Waals surface area contributed by atoms with Crippen molar-refractivity contribution in [3.05, 3.63) is 59.3 Å². The molecule has 3 aromatic rings. The molecule has 1 aliphatic heterocycles. The van der Waals surface area contributed by atoms with Crippen LogP contribution in [0.3, 0.4) is 0 Å². The van der Waals surface area contributed by atoms with Gasteiger partial charge in [-0.05, 0) is 35.7 Å². The highest BCUT2D eigenvalue weighted by molar-refractivity contribution is 6.43. The van der Waals surface area contributed by atoms with Crippen molar-refractivity contribution in [1.82, 2.24) is 10.2 Å². The highest BCUT2D eigenvalue weighted by Crippen LogP contribution is 2.37. The van der Waals surface area contributed by atoms with E-state index in [9.17, 15) is 9.90 Å². The predicted octanol–water partition coefficient (Wildman–Crippen LogP) is 2.98. The zero-order valence-electron chi connectivity index (χ0n) is 13.7. The molecule has 2 N–H and O–H groups in total. The lowest BCUT2D eigenvalue weighted by molar-refractivity contribution is -0.129. The molecule has 1 aliphatic rings. The first-order valence-electron chi connectivity index (χ1n) is 8.07. The van der Waals surface area contributed by atoms with Gasteiger partial charge in [-0.2, -0.15) is 5.10 Å². The number of benzene rings is 2. The van der Waals surface area contributed by atoms with Crippen LogP contribution < -0.4 is 4.74 Å². The first kappa shape index (κ1) is 15.4. The predicted molar refractivity (Wildman–Crippen MR) is 94.6 cm³/mol. The van der Waals surface area contributed by atoms with Crippen molar-refractivity contribution in [3.8, 4) is 5.75 Å². The van der Waals surface area contributed by atoms with Crippen LogP contribution in [0, 0.1) is 0 Å². The van der Waals surface area contributed by atoms with Crippen LogP contribution in [-0.4, -0.2) is 40.6 Å². The maximum atomic E-state index is 11.7. The Hall–Kier alpha value is -3.15. The molecule has 2 aromatic carbocycles. The van der Waals surface area contributed by atoms with Crippen molar-refractivity contribution < 1.29 is 14.6 Å². The minimum absolute atomic E-state index is 0.0443. The van der Waals surface area contributed by atoms with Crippen LogP contribution in [0.25, 0.3) is 10.9 Å². The van der Waals surface area contributed by atoms with Gasteiger partial charge in [-0.15, -0.1) is 0 Å². The zero-order valence-corrected chi connectivity index (χ0v) is 13.7. The summed E-state index contributed by atoms with van der Waals surface area (Å²) in [5.41, 5.74) is 3.75. The Morgan fingerprint density at radius 1 is 1.24 bits per heavy atom. The van der Waals surface area contributed by atoms with Gasteiger partial charge in [0.2, 0.25) is 0 Å². The van der Waals surface area contributed by atoms with Gasteiger partial charge in [0.1, 0.15) is 5.75 Å². The van der Waals surface area contributed by atoms with E-state index >= 15 is 0 Å². The monoisotopic (exact) mass is 335 g/mol. The third-order valence-corrected chi connectivity index (χ3v) is 4.68. The van der Waals surface area contributed by atoms with Crippen molar-refractivity contribution in [3.63, 3.8) is 0 Å². The largest absolute Gasteiger partial charge is 0.497 e. The molecule has 0 radical (unpaired) electrons. The number of nitrogens with zero attached hydrogens (tertiary/aromatic N) is 2. The number of aliphatic carboxylic acids is 1. The lowest BCUT2D eigenvalue weighted by Crippen LogP contribution is -2.16. The fraction of sp³-hybridized carbons (Fsp3) is 0.211. The second-order valence-corrected chi connectivity index (χ2v) is 6.01. The third-order valence-electron chi connectivity index (χ3n) is 4.68. The lowest BCUT2D eigenvalue weighted by Gasteiger charge is -2.19. The Balaban J connectivity index is 1.94. The Kier molecular flexibility index (Phi) is 3.72. The van der Waals surface area contributed by atoms with Crippen molar-refractivity contribution in [2.75, 3.05) is 13.7 Å². The zero-order chi connectivity index (χ0) is 17.4. The van der Waals surface area contributed by atoms with Crippen molar-refractivity contribution in [2.45, 2.75) is 12.3 Å². The first-order valence-corrected chi connectivity index (χ1v) is 8.07. The summed E-state index contributed by atoms with van der Waals surface area (Å²) < 4.78 is 5.24. The van der Waals surface area contributed by atoms with Gasteiger partial charge in [-0.1, -0.05) is 18.2 Å². The Labute approximate surface area is 144 Å². The minimum atomic E-state index is -1.00. The summed E-state index contributed by atoms with van der Waals surface area (Å²) in [5.74, 6) is -0.163. The number of nitrogens with one attached hydrogen (secondary N) is 1. The number of rotatable bonds is 3. The Morgan fingerprint density at radius 3 is 2.76 bits per heavy atom. The summed E-state index contributed by atoms with van der Waals surface area (Å²) in [6.07, 6.45) is 2.50. The maximum Gasteiger partial charge on any atom is 0.354 e. The molecule has 6 nitrogen and oxygen atoms in total. The number of hydrogen-bond donors (Lipinski definition) is 2. The number of hydrogen-bond acceptors (Lipinski definition) is 4. The van der Waals surface area contributed by atoms with Crippen LogP contribution in [0.2, 0.25) is 0 Å². The van der Waals surface area contributed by atoms with E-state index in [0.717, 1.165) is 34.2 Å². The number of methoxy groups -OCH3 is 1. The summed E-state index contributed by atoms with van der Waals surface area (Å²) in [6.45, 7) is 0.465. The van der Waals surface area contributed by atoms with E-state index in [0.29, 0.717) is 12.1 Å². The van der Waals surface area contributed by atoms with E-state index in [-0.39, 0.29) is 11.6 Å². The topological polar surface area (TPSA) is 87.6 Å². The van der Waals surface area contributed by atoms with E-state index in [4.69, 9.17) is 4.74 Å². The van der Waals surface area contributed by atoms with Crippen LogP contribution >= 0.6 is 0 Å². The third kappa shape index (κ3) is 2.55. The number of ether oxygens (including phenoxy) is 1. The van der Waals surface area contributed by atoms with Crippen LogP contribution in [0.4, 0.5) is 0 Å². The molecule has 0 bridgehead atoms. The molecule has 1 unspecified atom stereocenters. The molecule has 25 heavy (non-hydrogen) atoms. The van der Waals surface area contributed by atoms with E-state index < -0.39 is 5.97 Å². The number of carbonyl (C=O) groups is 1. The smallest absolute Gasteiger partial charge is 0.354 e. The summed E-state index contributed by atoms with van der Waals surface area (Å²) in [5, 5.41) is 17.6. The Morgan fingerprint density at radius 2 is 2.04 bits per heavy atom. The summed E-state index contributed by atoms with van der Waals surface area (Å²) >= 11 is 0. The highest BCUT2D eigenvalue weighted by atomic mass is 16.5. The van der Waals surface area contributed by atoms with Crippen LogP contribution in [0.5, 0.6) is 5.75 Å². The molecular weight excluding hydrogens is 318 g/mol. The standard InChI is InChI=1S/C19H17N3O3/c1-25-12-4-2-11(3-5-12)13-8-9-20-18(19(23)24)14-6-7-16-15(17(13)14)10-21-22-16/h2-7,10,13H,8-9H2,1H3,(H,21,22)(H,23,24). The highest BCUT2D eigenvalue weighted by Gasteiger charge is 2.28. The molecule has 0 saturated heterocycles. The number of carboxylic acids is 1. The molecule has 126 valence electrons. The molecule has 1 atom stereocenters. The average Bonchev–Trinajstić information content (AvgIpc) is 3.02. The molecule has 0 spiro atoms. The molecule has 4 rings (SSSR count). The molecule has 0 amide bonds. The van der Waals surface area contributed by atoms with Crippen LogP contribution in [-0.2, 0) is 4.79 Å². The van der Waals surface area contributed by atoms with Crippen molar-refractivity contribution >= 4 is 22.6 Å². The second kappa shape index (κ2) is 6.05. The fourth-order valence-electron chi connectivity index (χ4n) is 3.51. The summed E-state index contributed by atoms with van der Waals surface area (Å²) in [4.78, 5) is 16.0. The van der Waals surface area contributed by atoms with Gasteiger partial charge in [0.25, 0.3) is 0 Å². The van der Waals surface area contributed by atoms with Gasteiger partial charge < -0.3 is 9.84 Å². The molecule has 2 heterocycles. The van der Waals surface area contributed by atoms with E-state index in [1.54, 1.807) is 13.3 Å². The summed E-state index contributed by atoms with van der Waals surface area (Å²) in [7, 11) is 1.64. The maximum absolute atomic E-state index is 11.7. The number of aromatic nitrogens is 2. The van der Waals surface area contributed by atoms with E-state index in [1.165, 1.54) is 0 Å². The van der Waals surface area contributed by atoms with Crippen LogP contribution in [0.15, 0.2) is 47.6 Å². The van der Waals surface area contributed by atoms with Gasteiger partial charge in [-0.25, -0.2) is 4.79 Å². The Bertz CT molecular complexity index is 973. The van der Waals surface area contributed by atoms with E-state index in [1.807, 2.05) is 36.4 Å². The first-order chi connectivity index (χ1) is 12.2. The molecule has 6 heteroatoms. The number of carboxylic acid groups (broad SMARTS) is 1. The number of aromatic amines is 1. The second-order valence-electron chi connectivity index (χ2n) is 6.01. The molecule has 1 aromatic heterocycles. The van der Waals surface area contributed by atoms with Gasteiger partial charge in [-0.3, -0.25) is 10.1 Å². The number of H-pyrrole nitrogens is 1. The van der Waals surface area contributed by atoms with Crippen LogP contribution in [0.1, 0.15) is 29.0 Å². The van der Waals surface area contributed by atoms with E-state index in [2.05, 4.69) is 15.2 Å². The molecular formula is C19H17N3O3. The molecule has 0 fully saturated rings. The average molecular weight is 335 g/mol. The lowest BCUT2D eigenvalue weighted by atomic mass is 9.83. The van der Waals surface area contributed by atoms with Gasteiger partial charge in [0, 0.05) is 23.4 Å². The molecule has 0 saturated carbocycles. The quantitative estimate of drug-likeness (QED) is 0.770. The van der Waals surface area contributed by atoms with Gasteiger partial charge >= 0.3 is 5.97 Å². The van der Waals surface area contributed by atoms with Crippen molar-refractivity contribution in [1.29, 1.82) is 0 Å². The summed E-state index contributed by atoms with van der Waals surface area (Å²) in [6, 6.07) is 11.6. The molecule has 0 aliphatic carbocycles. The van der Waals surface area contributed by atoms with Gasteiger partial charge in [0.05, 0.1) is 18.8 Å².